The lowest BCUT2D eigenvalue weighted by Gasteiger charge is -2.37. The minimum absolute atomic E-state index is 0.00920. The second-order valence-corrected chi connectivity index (χ2v) is 8.31. The summed E-state index contributed by atoms with van der Waals surface area (Å²) in [6.45, 7) is 0.757. The molecule has 2 saturated heterocycles. The molecule has 2 aliphatic heterocycles. The van der Waals surface area contributed by atoms with Gasteiger partial charge in [0.25, 0.3) is 0 Å². The van der Waals surface area contributed by atoms with Gasteiger partial charge in [-0.25, -0.2) is 0 Å². The largest absolute Gasteiger partial charge is 0.488 e. The minimum atomic E-state index is 0.00920. The molecule has 2 unspecified atom stereocenters. The fraction of sp³-hybridized carbons (Fsp3) is 0.533. The molecule has 3 nitrogen and oxygen atoms in total. The highest BCUT2D eigenvalue weighted by molar-refractivity contribution is 9.11. The van der Waals surface area contributed by atoms with Gasteiger partial charge in [0.2, 0.25) is 0 Å². The van der Waals surface area contributed by atoms with Gasteiger partial charge in [-0.2, -0.15) is 11.8 Å². The topological polar surface area (TPSA) is 35.5 Å². The number of hydrogen-bond acceptors (Lipinski definition) is 4. The number of benzene rings is 1. The van der Waals surface area contributed by atoms with E-state index in [9.17, 15) is 4.79 Å². The van der Waals surface area contributed by atoms with E-state index in [1.165, 1.54) is 5.75 Å². The summed E-state index contributed by atoms with van der Waals surface area (Å²) in [5.41, 5.74) is 0.631. The van der Waals surface area contributed by atoms with E-state index in [0.717, 1.165) is 52.6 Å². The van der Waals surface area contributed by atoms with Gasteiger partial charge in [0.05, 0.1) is 21.2 Å². The fourth-order valence-electron chi connectivity index (χ4n) is 2.87. The van der Waals surface area contributed by atoms with Crippen molar-refractivity contribution in [2.24, 2.45) is 0 Å². The first-order chi connectivity index (χ1) is 10.1. The van der Waals surface area contributed by atoms with Gasteiger partial charge in [-0.3, -0.25) is 4.79 Å². The van der Waals surface area contributed by atoms with Crippen LogP contribution in [0.4, 0.5) is 0 Å². The molecule has 2 atom stereocenters. The first-order valence-electron chi connectivity index (χ1n) is 6.94. The van der Waals surface area contributed by atoms with Crippen molar-refractivity contribution in [3.8, 4) is 5.75 Å². The Morgan fingerprint density at radius 1 is 1.38 bits per heavy atom. The number of halogens is 2. The third kappa shape index (κ3) is 3.49. The molecule has 3 rings (SSSR count). The zero-order chi connectivity index (χ0) is 14.9. The van der Waals surface area contributed by atoms with Gasteiger partial charge in [-0.1, -0.05) is 0 Å². The second-order valence-electron chi connectivity index (χ2n) is 5.50. The Balaban J connectivity index is 1.75. The number of thioether (sulfide) groups is 1. The van der Waals surface area contributed by atoms with Crippen LogP contribution in [-0.4, -0.2) is 36.1 Å². The Morgan fingerprint density at radius 2 is 2.14 bits per heavy atom. The van der Waals surface area contributed by atoms with E-state index in [0.29, 0.717) is 5.56 Å². The number of hydrogen-bond donors (Lipinski definition) is 0. The summed E-state index contributed by atoms with van der Waals surface area (Å²) in [7, 11) is 0. The molecule has 2 fully saturated rings. The van der Waals surface area contributed by atoms with Gasteiger partial charge >= 0.3 is 0 Å². The Morgan fingerprint density at radius 3 is 2.76 bits per heavy atom. The average molecular weight is 436 g/mol. The van der Waals surface area contributed by atoms with E-state index in [1.54, 1.807) is 12.1 Å². The molecule has 0 radical (unpaired) electrons. The minimum Gasteiger partial charge on any atom is -0.488 e. The van der Waals surface area contributed by atoms with Crippen molar-refractivity contribution in [1.29, 1.82) is 0 Å². The van der Waals surface area contributed by atoms with Crippen molar-refractivity contribution in [3.63, 3.8) is 0 Å². The fourth-order valence-corrected chi connectivity index (χ4v) is 5.66. The Bertz CT molecular complexity index is 521. The molecule has 0 saturated carbocycles. The van der Waals surface area contributed by atoms with E-state index in [4.69, 9.17) is 9.47 Å². The van der Waals surface area contributed by atoms with Crippen LogP contribution in [0.15, 0.2) is 21.1 Å². The molecule has 0 aliphatic carbocycles. The van der Waals surface area contributed by atoms with Crippen LogP contribution in [0.2, 0.25) is 0 Å². The van der Waals surface area contributed by atoms with Gasteiger partial charge in [0.1, 0.15) is 18.1 Å². The molecular weight excluding hydrogens is 420 g/mol. The second kappa shape index (κ2) is 6.60. The SMILES string of the molecule is O=Cc1cc(Br)c(OC2CCOC3(CCSC3)C2)c(Br)c1. The summed E-state index contributed by atoms with van der Waals surface area (Å²) in [4.78, 5) is 10.9. The Kier molecular flexibility index (Phi) is 4.98. The summed E-state index contributed by atoms with van der Waals surface area (Å²) < 4.78 is 13.8. The highest BCUT2D eigenvalue weighted by atomic mass is 79.9. The van der Waals surface area contributed by atoms with Crippen molar-refractivity contribution >= 4 is 49.9 Å². The molecule has 2 heterocycles. The number of carbonyl (C=O) groups excluding carboxylic acids is 1. The summed E-state index contributed by atoms with van der Waals surface area (Å²) in [5.74, 6) is 3.02. The van der Waals surface area contributed by atoms with Crippen molar-refractivity contribution in [2.75, 3.05) is 18.1 Å². The first kappa shape index (κ1) is 15.8. The smallest absolute Gasteiger partial charge is 0.150 e. The lowest BCUT2D eigenvalue weighted by atomic mass is 9.91. The number of rotatable bonds is 3. The molecule has 0 bridgehead atoms. The highest BCUT2D eigenvalue weighted by Gasteiger charge is 2.41. The normalized spacial score (nSPS) is 28.8. The molecule has 1 aromatic carbocycles. The van der Waals surface area contributed by atoms with E-state index < -0.39 is 0 Å². The third-order valence-electron chi connectivity index (χ3n) is 3.96. The monoisotopic (exact) mass is 434 g/mol. The molecule has 114 valence electrons. The maximum Gasteiger partial charge on any atom is 0.150 e. The maximum absolute atomic E-state index is 10.9. The quantitative estimate of drug-likeness (QED) is 0.656. The van der Waals surface area contributed by atoms with Crippen molar-refractivity contribution < 1.29 is 14.3 Å². The molecule has 1 spiro atoms. The highest BCUT2D eigenvalue weighted by Crippen LogP contribution is 2.41. The summed E-state index contributed by atoms with van der Waals surface area (Å²) in [6, 6.07) is 3.57. The number of carbonyl (C=O) groups is 1. The predicted octanol–water partition coefficient (Wildman–Crippen LogP) is 4.46. The van der Waals surface area contributed by atoms with E-state index in [2.05, 4.69) is 31.9 Å². The van der Waals surface area contributed by atoms with Crippen molar-refractivity contribution in [2.45, 2.75) is 31.0 Å². The third-order valence-corrected chi connectivity index (χ3v) is 6.36. The molecule has 2 aliphatic rings. The van der Waals surface area contributed by atoms with Crippen LogP contribution in [0, 0.1) is 0 Å². The van der Waals surface area contributed by atoms with Crippen LogP contribution in [0.5, 0.6) is 5.75 Å². The zero-order valence-electron chi connectivity index (χ0n) is 11.4. The van der Waals surface area contributed by atoms with Gasteiger partial charge in [0.15, 0.2) is 0 Å². The van der Waals surface area contributed by atoms with Crippen molar-refractivity contribution in [3.05, 3.63) is 26.6 Å². The van der Waals surface area contributed by atoms with E-state index in [-0.39, 0.29) is 11.7 Å². The number of ether oxygens (including phenoxy) is 2. The van der Waals surface area contributed by atoms with E-state index >= 15 is 0 Å². The van der Waals surface area contributed by atoms with Gasteiger partial charge in [-0.05, 0) is 56.2 Å². The Hall–Kier alpha value is -0.0400. The molecular formula is C15H16Br2O3S. The lowest BCUT2D eigenvalue weighted by molar-refractivity contribution is -0.0961. The first-order valence-corrected chi connectivity index (χ1v) is 9.68. The van der Waals surface area contributed by atoms with Gasteiger partial charge in [0, 0.05) is 24.2 Å². The van der Waals surface area contributed by atoms with Crippen LogP contribution in [0.3, 0.4) is 0 Å². The van der Waals surface area contributed by atoms with Crippen LogP contribution < -0.4 is 4.74 Å². The Labute approximate surface area is 145 Å². The molecule has 0 N–H and O–H groups in total. The van der Waals surface area contributed by atoms with Crippen LogP contribution in [0.25, 0.3) is 0 Å². The van der Waals surface area contributed by atoms with Gasteiger partial charge < -0.3 is 9.47 Å². The molecule has 0 amide bonds. The summed E-state index contributed by atoms with van der Waals surface area (Å²) >= 11 is 8.94. The lowest BCUT2D eigenvalue weighted by Crippen LogP contribution is -2.43. The van der Waals surface area contributed by atoms with Crippen LogP contribution in [-0.2, 0) is 4.74 Å². The zero-order valence-corrected chi connectivity index (χ0v) is 15.4. The predicted molar refractivity (Wildman–Crippen MR) is 91.5 cm³/mol. The molecule has 0 aromatic heterocycles. The molecule has 21 heavy (non-hydrogen) atoms. The molecule has 6 heteroatoms. The van der Waals surface area contributed by atoms with Crippen LogP contribution >= 0.6 is 43.6 Å². The average Bonchev–Trinajstić information content (AvgIpc) is 2.90. The maximum atomic E-state index is 10.9. The number of aldehydes is 1. The summed E-state index contributed by atoms with van der Waals surface area (Å²) in [5, 5.41) is 0. The van der Waals surface area contributed by atoms with Crippen molar-refractivity contribution in [1.82, 2.24) is 0 Å². The van der Waals surface area contributed by atoms with Gasteiger partial charge in [-0.15, -0.1) is 0 Å². The molecule has 1 aromatic rings. The van der Waals surface area contributed by atoms with E-state index in [1.807, 2.05) is 11.8 Å². The summed E-state index contributed by atoms with van der Waals surface area (Å²) in [6.07, 6.45) is 3.95. The standard InChI is InChI=1S/C15H16Br2O3S/c16-12-5-10(8-18)6-13(17)14(12)20-11-1-3-19-15(7-11)2-4-21-9-15/h5-6,8,11H,1-4,7,9H2. The van der Waals surface area contributed by atoms with Crippen LogP contribution in [0.1, 0.15) is 29.6 Å².